The molecule has 0 heterocycles. The van der Waals surface area contributed by atoms with E-state index in [0.717, 1.165) is 22.8 Å². The third kappa shape index (κ3) is 5.26. The lowest BCUT2D eigenvalue weighted by Crippen LogP contribution is -2.27. The predicted octanol–water partition coefficient (Wildman–Crippen LogP) is 4.03. The number of hydrogen-bond acceptors (Lipinski definition) is 4. The van der Waals surface area contributed by atoms with Crippen LogP contribution in [-0.4, -0.2) is 22.5 Å². The molecule has 0 saturated carbocycles. The van der Waals surface area contributed by atoms with Crippen molar-refractivity contribution in [3.8, 4) is 0 Å². The highest BCUT2D eigenvalue weighted by Gasteiger charge is 2.14. The second-order valence-corrected chi connectivity index (χ2v) is 6.39. The highest BCUT2D eigenvalue weighted by atomic mass is 16.3. The molecule has 0 unspecified atom stereocenters. The van der Waals surface area contributed by atoms with Crippen LogP contribution in [0.25, 0.3) is 5.76 Å². The molecule has 0 aliphatic carbocycles. The molecule has 3 aromatic carbocycles. The molecule has 29 heavy (non-hydrogen) atoms. The number of hydrogen-bond donors (Lipinski definition) is 2. The zero-order valence-electron chi connectivity index (χ0n) is 15.9. The van der Waals surface area contributed by atoms with Gasteiger partial charge >= 0.3 is 5.91 Å². The van der Waals surface area contributed by atoms with Crippen LogP contribution in [0.4, 0.5) is 0 Å². The number of hydrazone groups is 1. The van der Waals surface area contributed by atoms with Crippen molar-refractivity contribution in [2.24, 2.45) is 5.10 Å². The van der Waals surface area contributed by atoms with Crippen LogP contribution in [0.15, 0.2) is 96.1 Å². The van der Waals surface area contributed by atoms with E-state index in [4.69, 9.17) is 0 Å². The number of carbonyl (C=O) groups excluding carboxylic acids is 2. The molecule has 2 N–H and O–H groups in total. The second-order valence-electron chi connectivity index (χ2n) is 6.39. The molecule has 3 rings (SSSR count). The molecule has 0 saturated heterocycles. The lowest BCUT2D eigenvalue weighted by molar-refractivity contribution is -0.135. The summed E-state index contributed by atoms with van der Waals surface area (Å²) in [5.74, 6) is -2.11. The Morgan fingerprint density at radius 2 is 1.31 bits per heavy atom. The molecule has 144 valence electrons. The third-order valence-electron chi connectivity index (χ3n) is 4.20. The second kappa shape index (κ2) is 9.28. The number of aryl methyl sites for hydroxylation is 1. The molecule has 1 amide bonds. The van der Waals surface area contributed by atoms with Crippen molar-refractivity contribution < 1.29 is 14.7 Å². The van der Waals surface area contributed by atoms with Gasteiger partial charge in [-0.3, -0.25) is 9.59 Å². The van der Waals surface area contributed by atoms with Gasteiger partial charge in [0, 0.05) is 22.8 Å². The Bertz CT molecular complexity index is 1010. The Balaban J connectivity index is 1.80. The van der Waals surface area contributed by atoms with E-state index in [9.17, 15) is 14.7 Å². The van der Waals surface area contributed by atoms with Crippen molar-refractivity contribution in [3.63, 3.8) is 0 Å². The van der Waals surface area contributed by atoms with Crippen LogP contribution in [0.2, 0.25) is 0 Å². The van der Waals surface area contributed by atoms with Gasteiger partial charge in [-0.2, -0.15) is 5.10 Å². The van der Waals surface area contributed by atoms with E-state index in [2.05, 4.69) is 10.5 Å². The van der Waals surface area contributed by atoms with Crippen LogP contribution < -0.4 is 5.43 Å². The van der Waals surface area contributed by atoms with E-state index in [0.29, 0.717) is 11.3 Å². The standard InChI is InChI=1S/C24H20N2O3/c1-17-12-14-18(15-13-17)21(27)16-22(28)24(29)26-25-23(19-8-4-2-5-9-19)20-10-6-3-7-11-20/h2-16,27H,1H3,(H,26,29)/b21-16-. The quantitative estimate of drug-likeness (QED) is 0.221. The van der Waals surface area contributed by atoms with E-state index in [-0.39, 0.29) is 5.76 Å². The number of aliphatic hydroxyl groups excluding tert-OH is 1. The maximum absolute atomic E-state index is 12.2. The smallest absolute Gasteiger partial charge is 0.311 e. The van der Waals surface area contributed by atoms with Crippen molar-refractivity contribution in [1.82, 2.24) is 5.43 Å². The Morgan fingerprint density at radius 3 is 1.83 bits per heavy atom. The van der Waals surface area contributed by atoms with E-state index in [1.165, 1.54) is 0 Å². The molecule has 5 heteroatoms. The van der Waals surface area contributed by atoms with Crippen LogP contribution in [0.3, 0.4) is 0 Å². The lowest BCUT2D eigenvalue weighted by Gasteiger charge is -2.07. The topological polar surface area (TPSA) is 78.8 Å². The highest BCUT2D eigenvalue weighted by Crippen LogP contribution is 2.13. The number of benzene rings is 3. The predicted molar refractivity (Wildman–Crippen MR) is 113 cm³/mol. The molecule has 0 radical (unpaired) electrons. The fraction of sp³-hybridized carbons (Fsp3) is 0.0417. The Kier molecular flexibility index (Phi) is 6.32. The van der Waals surface area contributed by atoms with Crippen LogP contribution in [0.5, 0.6) is 0 Å². The fourth-order valence-electron chi connectivity index (χ4n) is 2.65. The molecule has 0 fully saturated rings. The maximum Gasteiger partial charge on any atom is 0.311 e. The molecule has 3 aromatic rings. The summed E-state index contributed by atoms with van der Waals surface area (Å²) in [6.45, 7) is 1.91. The molecule has 0 aliphatic rings. The van der Waals surface area contributed by atoms with Crippen molar-refractivity contribution in [3.05, 3.63) is 113 Å². The first kappa shape index (κ1) is 19.8. The minimum atomic E-state index is -0.937. The molecule has 0 spiro atoms. The Hall–Kier alpha value is -3.99. The van der Waals surface area contributed by atoms with Gasteiger partial charge in [0.2, 0.25) is 5.78 Å². The number of nitrogens with one attached hydrogen (secondary N) is 1. The first-order chi connectivity index (χ1) is 14.0. The monoisotopic (exact) mass is 384 g/mol. The summed E-state index contributed by atoms with van der Waals surface area (Å²) in [5, 5.41) is 14.3. The van der Waals surface area contributed by atoms with Crippen molar-refractivity contribution in [2.75, 3.05) is 0 Å². The summed E-state index contributed by atoms with van der Waals surface area (Å²) < 4.78 is 0. The van der Waals surface area contributed by atoms with Crippen LogP contribution in [0.1, 0.15) is 22.3 Å². The number of ketones is 1. The Labute approximate surface area is 169 Å². The van der Waals surface area contributed by atoms with E-state index in [1.807, 2.05) is 67.6 Å². The zero-order chi connectivity index (χ0) is 20.6. The molecule has 0 atom stereocenters. The SMILES string of the molecule is Cc1ccc(/C(O)=C/C(=O)C(=O)NN=C(c2ccccc2)c2ccccc2)cc1. The van der Waals surface area contributed by atoms with Crippen molar-refractivity contribution in [1.29, 1.82) is 0 Å². The van der Waals surface area contributed by atoms with Gasteiger partial charge in [0.15, 0.2) is 0 Å². The molecule has 0 aliphatic heterocycles. The van der Waals surface area contributed by atoms with E-state index < -0.39 is 11.7 Å². The van der Waals surface area contributed by atoms with Crippen molar-refractivity contribution >= 4 is 23.2 Å². The number of amides is 1. The lowest BCUT2D eigenvalue weighted by atomic mass is 10.0. The normalized spacial score (nSPS) is 10.9. The third-order valence-corrected chi connectivity index (χ3v) is 4.20. The van der Waals surface area contributed by atoms with E-state index >= 15 is 0 Å². The Morgan fingerprint density at radius 1 is 0.793 bits per heavy atom. The van der Waals surface area contributed by atoms with Gasteiger partial charge in [-0.25, -0.2) is 5.43 Å². The fourth-order valence-corrected chi connectivity index (χ4v) is 2.65. The van der Waals surface area contributed by atoms with Crippen LogP contribution in [-0.2, 0) is 9.59 Å². The minimum Gasteiger partial charge on any atom is -0.507 e. The minimum absolute atomic E-state index is 0.277. The highest BCUT2D eigenvalue weighted by molar-refractivity contribution is 6.41. The van der Waals surface area contributed by atoms with Gasteiger partial charge in [-0.15, -0.1) is 0 Å². The van der Waals surface area contributed by atoms with Gasteiger partial charge in [-0.1, -0.05) is 90.5 Å². The van der Waals surface area contributed by atoms with E-state index in [1.54, 1.807) is 24.3 Å². The molecule has 0 bridgehead atoms. The number of carbonyl (C=O) groups is 2. The number of aliphatic hydroxyl groups is 1. The van der Waals surface area contributed by atoms with Gasteiger partial charge in [-0.05, 0) is 6.92 Å². The maximum atomic E-state index is 12.2. The van der Waals surface area contributed by atoms with Gasteiger partial charge in [0.05, 0.1) is 5.71 Å². The van der Waals surface area contributed by atoms with Crippen LogP contribution in [0, 0.1) is 6.92 Å². The summed E-state index contributed by atoms with van der Waals surface area (Å²) in [5.41, 5.74) is 5.88. The molecular weight excluding hydrogens is 364 g/mol. The summed E-state index contributed by atoms with van der Waals surface area (Å²) in [4.78, 5) is 24.4. The van der Waals surface area contributed by atoms with Crippen molar-refractivity contribution in [2.45, 2.75) is 6.92 Å². The zero-order valence-corrected chi connectivity index (χ0v) is 15.9. The summed E-state index contributed by atoms with van der Waals surface area (Å²) in [6, 6.07) is 25.6. The summed E-state index contributed by atoms with van der Waals surface area (Å²) in [6.07, 6.45) is 0.889. The average molecular weight is 384 g/mol. The van der Waals surface area contributed by atoms with Gasteiger partial charge < -0.3 is 5.11 Å². The number of rotatable bonds is 6. The van der Waals surface area contributed by atoms with Gasteiger partial charge in [0.1, 0.15) is 5.76 Å². The first-order valence-corrected chi connectivity index (χ1v) is 9.05. The average Bonchev–Trinajstić information content (AvgIpc) is 2.75. The molecular formula is C24H20N2O3. The molecule has 0 aromatic heterocycles. The first-order valence-electron chi connectivity index (χ1n) is 9.05. The number of nitrogens with zero attached hydrogens (tertiary/aromatic N) is 1. The summed E-state index contributed by atoms with van der Waals surface area (Å²) in [7, 11) is 0. The van der Waals surface area contributed by atoms with Crippen LogP contribution >= 0.6 is 0 Å². The molecule has 5 nitrogen and oxygen atoms in total. The largest absolute Gasteiger partial charge is 0.507 e. The van der Waals surface area contributed by atoms with Gasteiger partial charge in [0.25, 0.3) is 0 Å². The summed E-state index contributed by atoms with van der Waals surface area (Å²) >= 11 is 0.